The van der Waals surface area contributed by atoms with Gasteiger partial charge in [0.2, 0.25) is 0 Å². The van der Waals surface area contributed by atoms with Crippen LogP contribution < -0.4 is 11.1 Å². The molecule has 3 heteroatoms. The molecule has 1 atom stereocenters. The smallest absolute Gasteiger partial charge is 0.101 e. The molecule has 0 bridgehead atoms. The van der Waals surface area contributed by atoms with E-state index in [1.807, 2.05) is 12.1 Å². The lowest BCUT2D eigenvalue weighted by molar-refractivity contribution is 0.520. The van der Waals surface area contributed by atoms with E-state index in [-0.39, 0.29) is 0 Å². The SMILES string of the molecule is CC(C)CCCC(C)Nc1ccc(N)c(C#N)c1. The second kappa shape index (κ2) is 6.90. The number of rotatable bonds is 6. The van der Waals surface area contributed by atoms with Gasteiger partial charge in [-0.25, -0.2) is 0 Å². The van der Waals surface area contributed by atoms with Crippen LogP contribution in [0.5, 0.6) is 0 Å². The van der Waals surface area contributed by atoms with Crippen molar-refractivity contribution in [2.75, 3.05) is 11.1 Å². The van der Waals surface area contributed by atoms with Gasteiger partial charge in [0.1, 0.15) is 6.07 Å². The minimum atomic E-state index is 0.416. The number of nitrogens with two attached hydrogens (primary N) is 1. The van der Waals surface area contributed by atoms with Crippen LogP contribution in [0.15, 0.2) is 18.2 Å². The predicted octanol–water partition coefficient (Wildman–Crippen LogP) is 3.77. The van der Waals surface area contributed by atoms with Gasteiger partial charge in [0.15, 0.2) is 0 Å². The van der Waals surface area contributed by atoms with Gasteiger partial charge < -0.3 is 11.1 Å². The highest BCUT2D eigenvalue weighted by Crippen LogP contribution is 2.19. The van der Waals surface area contributed by atoms with Crippen molar-refractivity contribution in [2.45, 2.75) is 46.1 Å². The summed E-state index contributed by atoms with van der Waals surface area (Å²) in [6.07, 6.45) is 3.63. The summed E-state index contributed by atoms with van der Waals surface area (Å²) in [6.45, 7) is 6.66. The van der Waals surface area contributed by atoms with Crippen LogP contribution in [0.2, 0.25) is 0 Å². The van der Waals surface area contributed by atoms with Crippen molar-refractivity contribution in [1.82, 2.24) is 0 Å². The Morgan fingerprint density at radius 3 is 2.61 bits per heavy atom. The first-order valence-electron chi connectivity index (χ1n) is 6.59. The van der Waals surface area contributed by atoms with E-state index in [2.05, 4.69) is 32.2 Å². The fraction of sp³-hybridized carbons (Fsp3) is 0.533. The minimum Gasteiger partial charge on any atom is -0.398 e. The molecular formula is C15H23N3. The molecule has 0 radical (unpaired) electrons. The van der Waals surface area contributed by atoms with E-state index >= 15 is 0 Å². The highest BCUT2D eigenvalue weighted by atomic mass is 14.9. The summed E-state index contributed by atoms with van der Waals surface area (Å²) < 4.78 is 0. The molecule has 0 spiro atoms. The zero-order valence-corrected chi connectivity index (χ0v) is 11.5. The van der Waals surface area contributed by atoms with Crippen LogP contribution >= 0.6 is 0 Å². The number of benzene rings is 1. The van der Waals surface area contributed by atoms with E-state index in [1.54, 1.807) is 6.07 Å². The van der Waals surface area contributed by atoms with Crippen LogP contribution in [0.25, 0.3) is 0 Å². The number of nitrogens with one attached hydrogen (secondary N) is 1. The Morgan fingerprint density at radius 1 is 1.28 bits per heavy atom. The molecule has 3 nitrogen and oxygen atoms in total. The first-order chi connectivity index (χ1) is 8.52. The lowest BCUT2D eigenvalue weighted by atomic mass is 10.0. The Kier molecular flexibility index (Phi) is 5.51. The van der Waals surface area contributed by atoms with Crippen molar-refractivity contribution >= 4 is 11.4 Å². The van der Waals surface area contributed by atoms with Crippen molar-refractivity contribution in [3.8, 4) is 6.07 Å². The molecule has 1 aromatic carbocycles. The first-order valence-corrected chi connectivity index (χ1v) is 6.59. The average molecular weight is 245 g/mol. The van der Waals surface area contributed by atoms with Gasteiger partial charge in [-0.05, 0) is 37.5 Å². The molecular weight excluding hydrogens is 222 g/mol. The van der Waals surface area contributed by atoms with Crippen molar-refractivity contribution in [3.63, 3.8) is 0 Å². The molecule has 0 saturated heterocycles. The minimum absolute atomic E-state index is 0.416. The standard InChI is InChI=1S/C15H23N3/c1-11(2)5-4-6-12(3)18-14-7-8-15(17)13(9-14)10-16/h7-9,11-12,18H,4-6,17H2,1-3H3. The average Bonchev–Trinajstić information content (AvgIpc) is 2.31. The van der Waals surface area contributed by atoms with Gasteiger partial charge in [0.05, 0.1) is 5.56 Å². The van der Waals surface area contributed by atoms with E-state index in [0.29, 0.717) is 17.3 Å². The fourth-order valence-corrected chi connectivity index (χ4v) is 1.93. The topological polar surface area (TPSA) is 61.8 Å². The molecule has 1 aromatic rings. The summed E-state index contributed by atoms with van der Waals surface area (Å²) in [6, 6.07) is 8.04. The Morgan fingerprint density at radius 2 is 2.00 bits per heavy atom. The summed E-state index contributed by atoms with van der Waals surface area (Å²) >= 11 is 0. The summed E-state index contributed by atoms with van der Waals surface area (Å²) in [4.78, 5) is 0. The molecule has 1 rings (SSSR count). The van der Waals surface area contributed by atoms with Crippen molar-refractivity contribution in [3.05, 3.63) is 23.8 Å². The van der Waals surface area contributed by atoms with E-state index in [9.17, 15) is 0 Å². The molecule has 0 aliphatic heterocycles. The highest BCUT2D eigenvalue weighted by Gasteiger charge is 2.05. The van der Waals surface area contributed by atoms with Crippen LogP contribution in [-0.4, -0.2) is 6.04 Å². The molecule has 3 N–H and O–H groups in total. The second-order valence-electron chi connectivity index (χ2n) is 5.28. The largest absolute Gasteiger partial charge is 0.398 e. The third-order valence-corrected chi connectivity index (χ3v) is 3.01. The van der Waals surface area contributed by atoms with Crippen LogP contribution in [0, 0.1) is 17.2 Å². The number of anilines is 2. The quantitative estimate of drug-likeness (QED) is 0.750. The maximum Gasteiger partial charge on any atom is 0.101 e. The molecule has 0 aliphatic rings. The van der Waals surface area contributed by atoms with Crippen molar-refractivity contribution in [2.24, 2.45) is 5.92 Å². The molecule has 18 heavy (non-hydrogen) atoms. The molecule has 0 aromatic heterocycles. The Balaban J connectivity index is 2.49. The summed E-state index contributed by atoms with van der Waals surface area (Å²) in [5.41, 5.74) is 7.74. The maximum atomic E-state index is 8.92. The zero-order chi connectivity index (χ0) is 13.5. The molecule has 0 amide bonds. The number of nitrogen functional groups attached to an aromatic ring is 1. The second-order valence-corrected chi connectivity index (χ2v) is 5.28. The predicted molar refractivity (Wildman–Crippen MR) is 77.3 cm³/mol. The Hall–Kier alpha value is -1.69. The normalized spacial score (nSPS) is 12.2. The zero-order valence-electron chi connectivity index (χ0n) is 11.5. The summed E-state index contributed by atoms with van der Waals surface area (Å²) in [7, 11) is 0. The Bertz CT molecular complexity index is 418. The molecule has 98 valence electrons. The highest BCUT2D eigenvalue weighted by molar-refractivity contribution is 5.62. The van der Waals surface area contributed by atoms with E-state index < -0.39 is 0 Å². The molecule has 0 aliphatic carbocycles. The van der Waals surface area contributed by atoms with E-state index in [4.69, 9.17) is 11.0 Å². The monoisotopic (exact) mass is 245 g/mol. The van der Waals surface area contributed by atoms with Gasteiger partial charge in [0, 0.05) is 17.4 Å². The van der Waals surface area contributed by atoms with Gasteiger partial charge in [0.25, 0.3) is 0 Å². The van der Waals surface area contributed by atoms with Crippen molar-refractivity contribution in [1.29, 1.82) is 5.26 Å². The van der Waals surface area contributed by atoms with Crippen LogP contribution in [0.1, 0.15) is 45.6 Å². The van der Waals surface area contributed by atoms with Crippen LogP contribution in [0.3, 0.4) is 0 Å². The lowest BCUT2D eigenvalue weighted by Gasteiger charge is -2.16. The lowest BCUT2D eigenvalue weighted by Crippen LogP contribution is -2.15. The van der Waals surface area contributed by atoms with E-state index in [0.717, 1.165) is 18.0 Å². The molecule has 0 saturated carbocycles. The molecule has 0 heterocycles. The van der Waals surface area contributed by atoms with Gasteiger partial charge in [-0.15, -0.1) is 0 Å². The van der Waals surface area contributed by atoms with Gasteiger partial charge >= 0.3 is 0 Å². The number of nitriles is 1. The van der Waals surface area contributed by atoms with Gasteiger partial charge in [-0.2, -0.15) is 5.26 Å². The first kappa shape index (κ1) is 14.4. The number of hydrogen-bond acceptors (Lipinski definition) is 3. The van der Waals surface area contributed by atoms with Gasteiger partial charge in [-0.1, -0.05) is 26.7 Å². The molecule has 1 unspecified atom stereocenters. The van der Waals surface area contributed by atoms with Crippen LogP contribution in [0.4, 0.5) is 11.4 Å². The molecule has 0 fully saturated rings. The van der Waals surface area contributed by atoms with Crippen molar-refractivity contribution < 1.29 is 0 Å². The third kappa shape index (κ3) is 4.67. The summed E-state index contributed by atoms with van der Waals surface area (Å²) in [5, 5.41) is 12.3. The third-order valence-electron chi connectivity index (χ3n) is 3.01. The maximum absolute atomic E-state index is 8.92. The van der Waals surface area contributed by atoms with E-state index in [1.165, 1.54) is 12.8 Å². The number of nitrogens with zero attached hydrogens (tertiary/aromatic N) is 1. The van der Waals surface area contributed by atoms with Crippen LogP contribution in [-0.2, 0) is 0 Å². The number of hydrogen-bond donors (Lipinski definition) is 2. The van der Waals surface area contributed by atoms with Gasteiger partial charge in [-0.3, -0.25) is 0 Å². The Labute approximate surface area is 110 Å². The summed E-state index contributed by atoms with van der Waals surface area (Å²) in [5.74, 6) is 0.763. The fourth-order valence-electron chi connectivity index (χ4n) is 1.93.